The smallest absolute Gasteiger partial charge is 0.280 e. The maximum Gasteiger partial charge on any atom is 0.416 e. The summed E-state index contributed by atoms with van der Waals surface area (Å²) in [5.74, 6) is 0. The van der Waals surface area contributed by atoms with Crippen molar-refractivity contribution in [3.05, 3.63) is 54.1 Å². The Morgan fingerprint density at radius 1 is 0.792 bits per heavy atom. The zero-order valence-corrected chi connectivity index (χ0v) is 13.8. The summed E-state index contributed by atoms with van der Waals surface area (Å²) in [6.45, 7) is 0. The summed E-state index contributed by atoms with van der Waals surface area (Å²) < 4.78 is 86.6. The first-order valence-electron chi connectivity index (χ1n) is 6.40. The number of nitrogens with one attached hydrogen (secondary N) is 1. The van der Waals surface area contributed by atoms with Crippen LogP contribution in [0.5, 0.6) is 0 Å². The summed E-state index contributed by atoms with van der Waals surface area (Å²) >= 11 is 0. The quantitative estimate of drug-likeness (QED) is 0.886. The zero-order valence-electron chi connectivity index (χ0n) is 12.2. The van der Waals surface area contributed by atoms with Gasteiger partial charge in [-0.05, 0) is 48.5 Å². The van der Waals surface area contributed by atoms with Gasteiger partial charge in [0.25, 0.3) is 10.0 Å². The maximum absolute atomic E-state index is 12.5. The molecule has 0 radical (unpaired) electrons. The third kappa shape index (κ3) is 4.26. The van der Waals surface area contributed by atoms with Crippen molar-refractivity contribution in [3.63, 3.8) is 0 Å². The summed E-state index contributed by atoms with van der Waals surface area (Å²) in [5.41, 5.74) is -0.874. The molecule has 0 aliphatic carbocycles. The van der Waals surface area contributed by atoms with E-state index in [9.17, 15) is 30.0 Å². The van der Waals surface area contributed by atoms with Crippen LogP contribution in [0.4, 0.5) is 18.9 Å². The van der Waals surface area contributed by atoms with Gasteiger partial charge in [-0.15, -0.1) is 0 Å². The molecule has 2 aromatic carbocycles. The normalized spacial score (nSPS) is 12.8. The van der Waals surface area contributed by atoms with E-state index in [4.69, 9.17) is 0 Å². The van der Waals surface area contributed by atoms with E-state index in [1.165, 1.54) is 24.3 Å². The van der Waals surface area contributed by atoms with E-state index in [-0.39, 0.29) is 15.5 Å². The molecule has 0 aromatic heterocycles. The average molecular weight is 379 g/mol. The van der Waals surface area contributed by atoms with Crippen LogP contribution in [0, 0.1) is 0 Å². The van der Waals surface area contributed by atoms with Crippen LogP contribution >= 0.6 is 0 Å². The minimum absolute atomic E-state index is 0.0139. The molecule has 2 rings (SSSR count). The summed E-state index contributed by atoms with van der Waals surface area (Å²) in [4.78, 5) is -0.331. The third-order valence-corrected chi connectivity index (χ3v) is 5.55. The molecule has 2 aromatic rings. The van der Waals surface area contributed by atoms with Crippen molar-refractivity contribution < 1.29 is 30.0 Å². The lowest BCUT2D eigenvalue weighted by Crippen LogP contribution is -2.13. The Hall–Kier alpha value is -2.07. The SMILES string of the molecule is CS(=O)(=O)c1ccc(NS(=O)(=O)c2ccc(C(F)(F)F)cc2)cc1. The van der Waals surface area contributed by atoms with Crippen molar-refractivity contribution in [2.75, 3.05) is 11.0 Å². The van der Waals surface area contributed by atoms with Crippen LogP contribution < -0.4 is 4.72 Å². The van der Waals surface area contributed by atoms with Crippen molar-refractivity contribution in [3.8, 4) is 0 Å². The lowest BCUT2D eigenvalue weighted by Gasteiger charge is -2.10. The Morgan fingerprint density at radius 2 is 1.25 bits per heavy atom. The summed E-state index contributed by atoms with van der Waals surface area (Å²) in [5, 5.41) is 0. The molecule has 0 bridgehead atoms. The van der Waals surface area contributed by atoms with Crippen molar-refractivity contribution in [1.82, 2.24) is 0 Å². The van der Waals surface area contributed by atoms with E-state index in [2.05, 4.69) is 4.72 Å². The fourth-order valence-corrected chi connectivity index (χ4v) is 3.50. The molecule has 0 heterocycles. The number of hydrogen-bond donors (Lipinski definition) is 1. The number of anilines is 1. The van der Waals surface area contributed by atoms with Gasteiger partial charge in [-0.25, -0.2) is 16.8 Å². The molecule has 0 saturated heterocycles. The first kappa shape index (κ1) is 18.3. The topological polar surface area (TPSA) is 80.3 Å². The monoisotopic (exact) mass is 379 g/mol. The molecule has 0 aliphatic rings. The Balaban J connectivity index is 2.25. The van der Waals surface area contributed by atoms with Crippen molar-refractivity contribution >= 4 is 25.5 Å². The molecule has 0 aliphatic heterocycles. The number of hydrogen-bond acceptors (Lipinski definition) is 4. The summed E-state index contributed by atoms with van der Waals surface area (Å²) in [7, 11) is -7.51. The predicted molar refractivity (Wildman–Crippen MR) is 81.8 cm³/mol. The van der Waals surface area contributed by atoms with Crippen molar-refractivity contribution in [1.29, 1.82) is 0 Å². The highest BCUT2D eigenvalue weighted by Crippen LogP contribution is 2.30. The van der Waals surface area contributed by atoms with Gasteiger partial charge < -0.3 is 0 Å². The fraction of sp³-hybridized carbons (Fsp3) is 0.143. The summed E-state index contributed by atoms with van der Waals surface area (Å²) in [6, 6.07) is 7.96. The van der Waals surface area contributed by atoms with Crippen LogP contribution in [-0.4, -0.2) is 23.1 Å². The second kappa shape index (κ2) is 6.10. The number of sulfonamides is 1. The highest BCUT2D eigenvalue weighted by atomic mass is 32.2. The predicted octanol–water partition coefficient (Wildman–Crippen LogP) is 2.91. The molecule has 1 N–H and O–H groups in total. The number of sulfone groups is 1. The van der Waals surface area contributed by atoms with E-state index < -0.39 is 31.6 Å². The lowest BCUT2D eigenvalue weighted by molar-refractivity contribution is -0.137. The third-order valence-electron chi connectivity index (χ3n) is 3.03. The van der Waals surface area contributed by atoms with Gasteiger partial charge in [-0.1, -0.05) is 0 Å². The fourth-order valence-electron chi connectivity index (χ4n) is 1.81. The molecule has 5 nitrogen and oxygen atoms in total. The Labute approximate surface area is 137 Å². The van der Waals surface area contributed by atoms with Crippen LogP contribution in [0.1, 0.15) is 5.56 Å². The van der Waals surface area contributed by atoms with Crippen LogP contribution in [0.25, 0.3) is 0 Å². The molecule has 130 valence electrons. The highest BCUT2D eigenvalue weighted by molar-refractivity contribution is 7.92. The highest BCUT2D eigenvalue weighted by Gasteiger charge is 2.30. The van der Waals surface area contributed by atoms with Gasteiger partial charge in [0.05, 0.1) is 15.4 Å². The van der Waals surface area contributed by atoms with Crippen LogP contribution in [0.3, 0.4) is 0 Å². The van der Waals surface area contributed by atoms with E-state index >= 15 is 0 Å². The first-order valence-corrected chi connectivity index (χ1v) is 9.77. The minimum atomic E-state index is -4.56. The molecule has 0 atom stereocenters. The standard InChI is InChI=1S/C14H12F3NO4S2/c1-23(19,20)12-8-4-11(5-9-12)18-24(21,22)13-6-2-10(3-7-13)14(15,16)17/h2-9,18H,1H3. The Kier molecular flexibility index (Phi) is 4.64. The largest absolute Gasteiger partial charge is 0.416 e. The molecule has 0 spiro atoms. The van der Waals surface area contributed by atoms with Gasteiger partial charge >= 0.3 is 6.18 Å². The second-order valence-electron chi connectivity index (χ2n) is 4.92. The van der Waals surface area contributed by atoms with Gasteiger partial charge in [0.2, 0.25) is 0 Å². The molecular formula is C14H12F3NO4S2. The van der Waals surface area contributed by atoms with Crippen LogP contribution in [-0.2, 0) is 26.0 Å². The number of benzene rings is 2. The van der Waals surface area contributed by atoms with E-state index in [1.54, 1.807) is 0 Å². The molecule has 10 heteroatoms. The van der Waals surface area contributed by atoms with Crippen LogP contribution in [0.15, 0.2) is 58.3 Å². The van der Waals surface area contributed by atoms with Gasteiger partial charge in [0, 0.05) is 11.9 Å². The van der Waals surface area contributed by atoms with E-state index in [1.807, 2.05) is 0 Å². The zero-order chi connectivity index (χ0) is 18.2. The molecule has 24 heavy (non-hydrogen) atoms. The van der Waals surface area contributed by atoms with E-state index in [0.717, 1.165) is 18.4 Å². The first-order chi connectivity index (χ1) is 10.9. The number of alkyl halides is 3. The molecule has 0 saturated carbocycles. The number of halogens is 3. The summed E-state index contributed by atoms with van der Waals surface area (Å²) in [6.07, 6.45) is -3.55. The maximum atomic E-state index is 12.5. The van der Waals surface area contributed by atoms with Crippen molar-refractivity contribution in [2.24, 2.45) is 0 Å². The lowest BCUT2D eigenvalue weighted by atomic mass is 10.2. The van der Waals surface area contributed by atoms with Gasteiger partial charge in [-0.3, -0.25) is 4.72 Å². The van der Waals surface area contributed by atoms with Gasteiger partial charge in [0.15, 0.2) is 9.84 Å². The van der Waals surface area contributed by atoms with Crippen LogP contribution in [0.2, 0.25) is 0 Å². The minimum Gasteiger partial charge on any atom is -0.280 e. The molecular weight excluding hydrogens is 367 g/mol. The van der Waals surface area contributed by atoms with E-state index in [0.29, 0.717) is 12.1 Å². The average Bonchev–Trinajstić information content (AvgIpc) is 2.46. The molecule has 0 amide bonds. The van der Waals surface area contributed by atoms with Gasteiger partial charge in [0.1, 0.15) is 0 Å². The number of rotatable bonds is 4. The second-order valence-corrected chi connectivity index (χ2v) is 8.62. The van der Waals surface area contributed by atoms with Gasteiger partial charge in [-0.2, -0.15) is 13.2 Å². The Morgan fingerprint density at radius 3 is 1.67 bits per heavy atom. The van der Waals surface area contributed by atoms with Crippen molar-refractivity contribution in [2.45, 2.75) is 16.0 Å². The molecule has 0 fully saturated rings. The Bertz CT molecular complexity index is 933. The molecule has 0 unspecified atom stereocenters.